The van der Waals surface area contributed by atoms with E-state index in [9.17, 15) is 9.18 Å². The highest BCUT2D eigenvalue weighted by molar-refractivity contribution is 5.78. The Bertz CT molecular complexity index is 586. The first-order valence-electron chi connectivity index (χ1n) is 6.86. The number of nitrogens with one attached hydrogen (secondary N) is 1. The molecule has 0 aliphatic rings. The Morgan fingerprint density at radius 2 is 1.81 bits per heavy atom. The van der Waals surface area contributed by atoms with E-state index in [-0.39, 0.29) is 24.2 Å². The predicted molar refractivity (Wildman–Crippen MR) is 79.6 cm³/mol. The van der Waals surface area contributed by atoms with Gasteiger partial charge in [-0.15, -0.1) is 0 Å². The highest BCUT2D eigenvalue weighted by atomic mass is 19.1. The zero-order valence-electron chi connectivity index (χ0n) is 11.9. The monoisotopic (exact) mass is 287 g/mol. The quantitative estimate of drug-likeness (QED) is 0.887. The Morgan fingerprint density at radius 1 is 1.14 bits per heavy atom. The van der Waals surface area contributed by atoms with Gasteiger partial charge in [0, 0.05) is 0 Å². The molecule has 0 aromatic heterocycles. The fourth-order valence-electron chi connectivity index (χ4n) is 1.92. The van der Waals surface area contributed by atoms with Crippen LogP contribution in [-0.2, 0) is 11.2 Å². The predicted octanol–water partition coefficient (Wildman–Crippen LogP) is 2.95. The summed E-state index contributed by atoms with van der Waals surface area (Å²) in [7, 11) is 0. The van der Waals surface area contributed by atoms with Gasteiger partial charge in [-0.2, -0.15) is 0 Å². The van der Waals surface area contributed by atoms with Gasteiger partial charge in [0.05, 0.1) is 12.5 Å². The first-order valence-corrected chi connectivity index (χ1v) is 6.86. The Balaban J connectivity index is 1.78. The van der Waals surface area contributed by atoms with Crippen LogP contribution in [0, 0.1) is 5.82 Å². The number of carbonyl (C=O) groups is 1. The summed E-state index contributed by atoms with van der Waals surface area (Å²) in [6.07, 6.45) is 0.0301. The molecule has 0 fully saturated rings. The van der Waals surface area contributed by atoms with Crippen LogP contribution < -0.4 is 10.1 Å². The minimum Gasteiger partial charge on any atom is -0.491 e. The summed E-state index contributed by atoms with van der Waals surface area (Å²) in [6, 6.07) is 15.5. The summed E-state index contributed by atoms with van der Waals surface area (Å²) in [4.78, 5) is 11.9. The van der Waals surface area contributed by atoms with Gasteiger partial charge in [0.25, 0.3) is 0 Å². The van der Waals surface area contributed by atoms with Crippen molar-refractivity contribution in [2.75, 3.05) is 6.61 Å². The molecule has 3 nitrogen and oxygen atoms in total. The third-order valence-electron chi connectivity index (χ3n) is 2.96. The Morgan fingerprint density at radius 3 is 2.52 bits per heavy atom. The van der Waals surface area contributed by atoms with E-state index in [1.54, 1.807) is 18.2 Å². The lowest BCUT2D eigenvalue weighted by Gasteiger charge is -2.15. The molecule has 0 radical (unpaired) electrons. The van der Waals surface area contributed by atoms with E-state index in [1.807, 2.05) is 37.3 Å². The van der Waals surface area contributed by atoms with Crippen molar-refractivity contribution in [3.8, 4) is 5.75 Å². The number of ether oxygens (including phenoxy) is 1. The molecule has 2 rings (SSSR count). The van der Waals surface area contributed by atoms with E-state index in [1.165, 1.54) is 6.07 Å². The van der Waals surface area contributed by atoms with Gasteiger partial charge >= 0.3 is 0 Å². The van der Waals surface area contributed by atoms with Crippen molar-refractivity contribution in [2.45, 2.75) is 19.4 Å². The first-order chi connectivity index (χ1) is 10.1. The van der Waals surface area contributed by atoms with Crippen LogP contribution in [0.25, 0.3) is 0 Å². The molecule has 0 saturated carbocycles. The van der Waals surface area contributed by atoms with Gasteiger partial charge in [-0.05, 0) is 30.7 Å². The molecule has 0 spiro atoms. The van der Waals surface area contributed by atoms with Crippen LogP contribution in [0.2, 0.25) is 0 Å². The smallest absolute Gasteiger partial charge is 0.224 e. The maximum atomic E-state index is 13.5. The van der Waals surface area contributed by atoms with Gasteiger partial charge in [0.15, 0.2) is 0 Å². The van der Waals surface area contributed by atoms with Gasteiger partial charge in [0.2, 0.25) is 5.91 Å². The molecular formula is C17H18FNO2. The molecule has 0 aliphatic heterocycles. The van der Waals surface area contributed by atoms with E-state index in [4.69, 9.17) is 4.74 Å². The molecule has 2 aromatic rings. The van der Waals surface area contributed by atoms with E-state index < -0.39 is 0 Å². The Labute approximate surface area is 123 Å². The Kier molecular flexibility index (Phi) is 5.32. The lowest BCUT2D eigenvalue weighted by molar-refractivity contribution is -0.121. The van der Waals surface area contributed by atoms with Crippen molar-refractivity contribution in [3.05, 3.63) is 66.0 Å². The third kappa shape index (κ3) is 4.91. The number of carbonyl (C=O) groups excluding carboxylic acids is 1. The second-order valence-electron chi connectivity index (χ2n) is 4.86. The summed E-state index contributed by atoms with van der Waals surface area (Å²) in [5.41, 5.74) is 0.395. The topological polar surface area (TPSA) is 38.3 Å². The highest BCUT2D eigenvalue weighted by Gasteiger charge is 2.11. The van der Waals surface area contributed by atoms with Crippen LogP contribution in [0.5, 0.6) is 5.75 Å². The average molecular weight is 287 g/mol. The fraction of sp³-hybridized carbons (Fsp3) is 0.235. The van der Waals surface area contributed by atoms with Crippen molar-refractivity contribution in [1.29, 1.82) is 0 Å². The van der Waals surface area contributed by atoms with Crippen LogP contribution in [0.4, 0.5) is 4.39 Å². The summed E-state index contributed by atoms with van der Waals surface area (Å²) >= 11 is 0. The summed E-state index contributed by atoms with van der Waals surface area (Å²) in [5.74, 6) is 0.179. The molecule has 4 heteroatoms. The number of hydrogen-bond acceptors (Lipinski definition) is 2. The molecule has 0 bridgehead atoms. The second kappa shape index (κ2) is 7.43. The van der Waals surface area contributed by atoms with Gasteiger partial charge in [-0.3, -0.25) is 4.79 Å². The molecule has 1 amide bonds. The standard InChI is InChI=1S/C17H18FNO2/c1-13(12-21-15-8-3-2-4-9-15)19-17(20)11-14-7-5-6-10-16(14)18/h2-10,13H,11-12H2,1H3,(H,19,20). The highest BCUT2D eigenvalue weighted by Crippen LogP contribution is 2.09. The number of rotatable bonds is 6. The first kappa shape index (κ1) is 15.0. The molecule has 21 heavy (non-hydrogen) atoms. The molecule has 1 atom stereocenters. The molecule has 0 aliphatic carbocycles. The maximum Gasteiger partial charge on any atom is 0.224 e. The number of amides is 1. The summed E-state index contributed by atoms with van der Waals surface area (Å²) < 4.78 is 19.0. The molecule has 1 N–H and O–H groups in total. The number of hydrogen-bond donors (Lipinski definition) is 1. The molecule has 1 unspecified atom stereocenters. The van der Waals surface area contributed by atoms with Crippen molar-refractivity contribution in [2.24, 2.45) is 0 Å². The number of halogens is 1. The van der Waals surface area contributed by atoms with Crippen molar-refractivity contribution in [3.63, 3.8) is 0 Å². The van der Waals surface area contributed by atoms with Crippen LogP contribution in [-0.4, -0.2) is 18.6 Å². The third-order valence-corrected chi connectivity index (χ3v) is 2.96. The SMILES string of the molecule is CC(COc1ccccc1)NC(=O)Cc1ccccc1F. The average Bonchev–Trinajstić information content (AvgIpc) is 2.48. The molecule has 110 valence electrons. The minimum absolute atomic E-state index is 0.0301. The van der Waals surface area contributed by atoms with Crippen molar-refractivity contribution in [1.82, 2.24) is 5.32 Å². The fourth-order valence-corrected chi connectivity index (χ4v) is 1.92. The van der Waals surface area contributed by atoms with Crippen molar-refractivity contribution >= 4 is 5.91 Å². The van der Waals surface area contributed by atoms with Crippen LogP contribution in [0.1, 0.15) is 12.5 Å². The molecule has 0 heterocycles. The molecular weight excluding hydrogens is 269 g/mol. The van der Waals surface area contributed by atoms with Crippen LogP contribution >= 0.6 is 0 Å². The van der Waals surface area contributed by atoms with Gasteiger partial charge in [-0.25, -0.2) is 4.39 Å². The van der Waals surface area contributed by atoms with Crippen molar-refractivity contribution < 1.29 is 13.9 Å². The molecule has 0 saturated heterocycles. The zero-order chi connectivity index (χ0) is 15.1. The van der Waals surface area contributed by atoms with E-state index in [2.05, 4.69) is 5.32 Å². The van der Waals surface area contributed by atoms with Crippen LogP contribution in [0.15, 0.2) is 54.6 Å². The van der Waals surface area contributed by atoms with Gasteiger partial charge < -0.3 is 10.1 Å². The number of benzene rings is 2. The van der Waals surface area contributed by atoms with Gasteiger partial charge in [-0.1, -0.05) is 36.4 Å². The zero-order valence-corrected chi connectivity index (χ0v) is 11.9. The maximum absolute atomic E-state index is 13.5. The largest absolute Gasteiger partial charge is 0.491 e. The summed E-state index contributed by atoms with van der Waals surface area (Å²) in [5, 5.41) is 2.80. The van der Waals surface area contributed by atoms with E-state index in [0.29, 0.717) is 12.2 Å². The normalized spacial score (nSPS) is 11.7. The van der Waals surface area contributed by atoms with E-state index in [0.717, 1.165) is 5.75 Å². The van der Waals surface area contributed by atoms with E-state index >= 15 is 0 Å². The summed E-state index contributed by atoms with van der Waals surface area (Å²) in [6.45, 7) is 2.22. The lowest BCUT2D eigenvalue weighted by Crippen LogP contribution is -2.37. The minimum atomic E-state index is -0.360. The molecule has 2 aromatic carbocycles. The van der Waals surface area contributed by atoms with Crippen LogP contribution in [0.3, 0.4) is 0 Å². The number of para-hydroxylation sites is 1. The Hall–Kier alpha value is -2.36. The van der Waals surface area contributed by atoms with Gasteiger partial charge in [0.1, 0.15) is 18.2 Å². The lowest BCUT2D eigenvalue weighted by atomic mass is 10.1. The second-order valence-corrected chi connectivity index (χ2v) is 4.86.